The molecule has 0 spiro atoms. The highest BCUT2D eigenvalue weighted by atomic mass is 16.5. The molecule has 0 aromatic heterocycles. The molecule has 0 aromatic rings. The van der Waals surface area contributed by atoms with Gasteiger partial charge in [0.15, 0.2) is 0 Å². The predicted octanol–water partition coefficient (Wildman–Crippen LogP) is 1.10. The fourth-order valence-corrected chi connectivity index (χ4v) is 2.45. The molecule has 0 heterocycles. The molecule has 3 nitrogen and oxygen atoms in total. The van der Waals surface area contributed by atoms with Crippen LogP contribution in [0.2, 0.25) is 0 Å². The average Bonchev–Trinajstić information content (AvgIpc) is 3.05. The molecule has 0 aromatic carbocycles. The summed E-state index contributed by atoms with van der Waals surface area (Å²) in [6.45, 7) is 2.66. The second-order valence-electron chi connectivity index (χ2n) is 4.59. The number of ether oxygens (including phenoxy) is 1. The van der Waals surface area contributed by atoms with E-state index < -0.39 is 0 Å². The van der Waals surface area contributed by atoms with Crippen molar-refractivity contribution in [2.24, 2.45) is 11.8 Å². The number of rotatable bonds is 4. The van der Waals surface area contributed by atoms with Crippen LogP contribution in [0.3, 0.4) is 0 Å². The Morgan fingerprint density at radius 3 is 2.73 bits per heavy atom. The van der Waals surface area contributed by atoms with E-state index in [4.69, 9.17) is 4.74 Å². The minimum Gasteiger partial charge on any atom is -0.392 e. The molecule has 2 aliphatic carbocycles. The molecular formula is C12H20O3. The molecule has 2 N–H and O–H groups in total. The molecule has 3 atom stereocenters. The van der Waals surface area contributed by atoms with Gasteiger partial charge in [-0.15, -0.1) is 0 Å². The van der Waals surface area contributed by atoms with E-state index in [1.807, 2.05) is 6.92 Å². The monoisotopic (exact) mass is 212 g/mol. The van der Waals surface area contributed by atoms with Gasteiger partial charge in [-0.05, 0) is 37.7 Å². The molecule has 86 valence electrons. The van der Waals surface area contributed by atoms with Gasteiger partial charge >= 0.3 is 0 Å². The molecule has 0 saturated heterocycles. The Morgan fingerprint density at radius 2 is 2.20 bits per heavy atom. The van der Waals surface area contributed by atoms with Crippen LogP contribution >= 0.6 is 0 Å². The van der Waals surface area contributed by atoms with E-state index in [1.165, 1.54) is 12.8 Å². The molecule has 3 heteroatoms. The van der Waals surface area contributed by atoms with Crippen molar-refractivity contribution in [2.75, 3.05) is 13.2 Å². The summed E-state index contributed by atoms with van der Waals surface area (Å²) >= 11 is 0. The normalized spacial score (nSPS) is 36.5. The summed E-state index contributed by atoms with van der Waals surface area (Å²) in [6.07, 6.45) is 4.65. The fourth-order valence-electron chi connectivity index (χ4n) is 2.45. The summed E-state index contributed by atoms with van der Waals surface area (Å²) < 4.78 is 5.53. The first-order chi connectivity index (χ1) is 7.26. The highest BCUT2D eigenvalue weighted by Crippen LogP contribution is 2.43. The topological polar surface area (TPSA) is 49.7 Å². The largest absolute Gasteiger partial charge is 0.392 e. The van der Waals surface area contributed by atoms with E-state index in [2.05, 4.69) is 6.08 Å². The van der Waals surface area contributed by atoms with Crippen molar-refractivity contribution in [3.05, 3.63) is 11.6 Å². The van der Waals surface area contributed by atoms with Crippen LogP contribution in [-0.2, 0) is 4.74 Å². The molecule has 0 amide bonds. The highest BCUT2D eigenvalue weighted by Gasteiger charge is 2.40. The van der Waals surface area contributed by atoms with Gasteiger partial charge in [-0.25, -0.2) is 0 Å². The van der Waals surface area contributed by atoms with Crippen LogP contribution in [0, 0.1) is 11.8 Å². The number of hydrogen-bond donors (Lipinski definition) is 2. The van der Waals surface area contributed by atoms with Crippen LogP contribution in [0.15, 0.2) is 11.6 Å². The van der Waals surface area contributed by atoms with Gasteiger partial charge < -0.3 is 14.9 Å². The Hall–Kier alpha value is -0.380. The summed E-state index contributed by atoms with van der Waals surface area (Å²) in [5.74, 6) is 0.822. The third kappa shape index (κ3) is 2.41. The third-order valence-corrected chi connectivity index (χ3v) is 3.42. The maximum atomic E-state index is 10.1. The summed E-state index contributed by atoms with van der Waals surface area (Å²) in [7, 11) is 0. The summed E-state index contributed by atoms with van der Waals surface area (Å²) in [6, 6.07) is 0. The Kier molecular flexibility index (Phi) is 3.44. The van der Waals surface area contributed by atoms with Crippen molar-refractivity contribution in [3.63, 3.8) is 0 Å². The summed E-state index contributed by atoms with van der Waals surface area (Å²) in [4.78, 5) is 0. The van der Waals surface area contributed by atoms with Gasteiger partial charge in [-0.3, -0.25) is 0 Å². The quantitative estimate of drug-likeness (QED) is 0.686. The molecular weight excluding hydrogens is 192 g/mol. The lowest BCUT2D eigenvalue weighted by atomic mass is 9.83. The van der Waals surface area contributed by atoms with Crippen molar-refractivity contribution in [1.82, 2.24) is 0 Å². The Labute approximate surface area is 90.8 Å². The molecule has 0 aliphatic heterocycles. The average molecular weight is 212 g/mol. The fraction of sp³-hybridized carbons (Fsp3) is 0.833. The number of aliphatic hydroxyl groups excluding tert-OH is 2. The summed E-state index contributed by atoms with van der Waals surface area (Å²) in [5.41, 5.74) is 1.02. The Balaban J connectivity index is 2.08. The van der Waals surface area contributed by atoms with E-state index >= 15 is 0 Å². The zero-order valence-corrected chi connectivity index (χ0v) is 9.22. The van der Waals surface area contributed by atoms with Crippen molar-refractivity contribution in [2.45, 2.75) is 38.4 Å². The van der Waals surface area contributed by atoms with Crippen molar-refractivity contribution < 1.29 is 14.9 Å². The van der Waals surface area contributed by atoms with Crippen LogP contribution < -0.4 is 0 Å². The zero-order valence-electron chi connectivity index (χ0n) is 9.22. The third-order valence-electron chi connectivity index (χ3n) is 3.42. The van der Waals surface area contributed by atoms with E-state index in [-0.39, 0.29) is 24.7 Å². The first-order valence-corrected chi connectivity index (χ1v) is 5.86. The van der Waals surface area contributed by atoms with Crippen LogP contribution in [0.5, 0.6) is 0 Å². The lowest BCUT2D eigenvalue weighted by Gasteiger charge is -2.33. The Bertz CT molecular complexity index is 245. The van der Waals surface area contributed by atoms with Gasteiger partial charge in [0.25, 0.3) is 0 Å². The van der Waals surface area contributed by atoms with Gasteiger partial charge in [-0.2, -0.15) is 0 Å². The first-order valence-electron chi connectivity index (χ1n) is 5.86. The molecule has 1 fully saturated rings. The van der Waals surface area contributed by atoms with E-state index in [0.29, 0.717) is 18.9 Å². The number of hydrogen-bond acceptors (Lipinski definition) is 3. The van der Waals surface area contributed by atoms with Crippen LogP contribution in [-0.4, -0.2) is 35.6 Å². The minimum absolute atomic E-state index is 0.0967. The minimum atomic E-state index is -0.382. The molecule has 1 unspecified atom stereocenters. The molecule has 15 heavy (non-hydrogen) atoms. The van der Waals surface area contributed by atoms with Crippen LogP contribution in [0.1, 0.15) is 26.2 Å². The van der Waals surface area contributed by atoms with Crippen molar-refractivity contribution >= 4 is 0 Å². The number of aliphatic hydroxyl groups is 2. The van der Waals surface area contributed by atoms with Gasteiger partial charge in [0.1, 0.15) is 0 Å². The second kappa shape index (κ2) is 4.64. The van der Waals surface area contributed by atoms with E-state index in [9.17, 15) is 10.2 Å². The molecule has 0 radical (unpaired) electrons. The van der Waals surface area contributed by atoms with Crippen molar-refractivity contribution in [3.8, 4) is 0 Å². The maximum absolute atomic E-state index is 10.1. The van der Waals surface area contributed by atoms with Crippen LogP contribution in [0.4, 0.5) is 0 Å². The van der Waals surface area contributed by atoms with Gasteiger partial charge in [0, 0.05) is 12.5 Å². The van der Waals surface area contributed by atoms with Gasteiger partial charge in [-0.1, -0.05) is 6.08 Å². The smallest absolute Gasteiger partial charge is 0.0877 e. The SMILES string of the molecule is CCO[C@@H]1CC(CO)=C[C@H](C2CC2)C1O. The zero-order chi connectivity index (χ0) is 10.8. The molecule has 2 rings (SSSR count). The van der Waals surface area contributed by atoms with Crippen molar-refractivity contribution in [1.29, 1.82) is 0 Å². The predicted molar refractivity (Wildman–Crippen MR) is 57.4 cm³/mol. The lowest BCUT2D eigenvalue weighted by Crippen LogP contribution is -2.39. The van der Waals surface area contributed by atoms with Gasteiger partial charge in [0.2, 0.25) is 0 Å². The van der Waals surface area contributed by atoms with E-state index in [0.717, 1.165) is 5.57 Å². The standard InChI is InChI=1S/C12H20O3/c1-2-15-11-6-8(7-13)5-10(12(11)14)9-3-4-9/h5,9-14H,2-4,6-7H2,1H3/t10-,11-,12?/m1/s1. The Morgan fingerprint density at radius 1 is 1.47 bits per heavy atom. The molecule has 2 aliphatic rings. The van der Waals surface area contributed by atoms with Gasteiger partial charge in [0.05, 0.1) is 18.8 Å². The van der Waals surface area contributed by atoms with E-state index in [1.54, 1.807) is 0 Å². The summed E-state index contributed by atoms with van der Waals surface area (Å²) in [5, 5.41) is 19.3. The maximum Gasteiger partial charge on any atom is 0.0877 e. The molecule has 0 bridgehead atoms. The second-order valence-corrected chi connectivity index (χ2v) is 4.59. The highest BCUT2D eigenvalue weighted by molar-refractivity contribution is 5.16. The molecule has 1 saturated carbocycles. The first kappa shape index (κ1) is 11.1. The van der Waals surface area contributed by atoms with Crippen LogP contribution in [0.25, 0.3) is 0 Å². The lowest BCUT2D eigenvalue weighted by molar-refractivity contribution is -0.0596.